The molecule has 1 unspecified atom stereocenters. The summed E-state index contributed by atoms with van der Waals surface area (Å²) in [7, 11) is 0. The Morgan fingerprint density at radius 3 is 2.33 bits per heavy atom. The fraction of sp³-hybridized carbons (Fsp3) is 1.00. The Morgan fingerprint density at radius 1 is 1.17 bits per heavy atom. The van der Waals surface area contributed by atoms with Crippen molar-refractivity contribution in [1.29, 1.82) is 0 Å². The van der Waals surface area contributed by atoms with E-state index in [1.54, 1.807) is 0 Å². The van der Waals surface area contributed by atoms with Crippen molar-refractivity contribution in [2.75, 3.05) is 0 Å². The molecule has 1 aliphatic rings. The molecule has 0 amide bonds. The Hall–Kier alpha value is 0. The number of rotatable bonds is 6. The third-order valence-corrected chi connectivity index (χ3v) is 2.88. The van der Waals surface area contributed by atoms with E-state index in [0.29, 0.717) is 0 Å². The molecule has 0 aromatic carbocycles. The van der Waals surface area contributed by atoms with Crippen molar-refractivity contribution < 1.29 is 0 Å². The van der Waals surface area contributed by atoms with Gasteiger partial charge >= 0.3 is 0 Å². The first-order chi connectivity index (χ1) is 5.68. The van der Waals surface area contributed by atoms with E-state index < -0.39 is 0 Å². The van der Waals surface area contributed by atoms with Crippen molar-refractivity contribution in [2.45, 2.75) is 59.3 Å². The van der Waals surface area contributed by atoms with Gasteiger partial charge in [0.1, 0.15) is 0 Å². The molecule has 12 heavy (non-hydrogen) atoms. The van der Waals surface area contributed by atoms with Gasteiger partial charge in [-0.05, 0) is 24.2 Å². The lowest BCUT2D eigenvalue weighted by Gasteiger charge is -2.13. The lowest BCUT2D eigenvalue weighted by Crippen LogP contribution is -1.99. The first-order valence-electron chi connectivity index (χ1n) is 5.68. The molecule has 1 aliphatic carbocycles. The second kappa shape index (κ2) is 4.89. The monoisotopic (exact) mass is 168 g/mol. The van der Waals surface area contributed by atoms with Gasteiger partial charge in [-0.25, -0.2) is 0 Å². The molecule has 0 nitrogen and oxygen atoms in total. The first-order valence-corrected chi connectivity index (χ1v) is 5.68. The van der Waals surface area contributed by atoms with E-state index in [2.05, 4.69) is 20.8 Å². The molecule has 72 valence electrons. The van der Waals surface area contributed by atoms with Crippen LogP contribution in [0.15, 0.2) is 0 Å². The zero-order valence-electron chi connectivity index (χ0n) is 8.97. The van der Waals surface area contributed by atoms with E-state index in [1.807, 2.05) is 0 Å². The average molecular weight is 168 g/mol. The van der Waals surface area contributed by atoms with Crippen molar-refractivity contribution in [3.63, 3.8) is 0 Å². The Morgan fingerprint density at radius 2 is 1.83 bits per heavy atom. The minimum absolute atomic E-state index is 0.890. The van der Waals surface area contributed by atoms with Crippen molar-refractivity contribution in [3.05, 3.63) is 0 Å². The van der Waals surface area contributed by atoms with Gasteiger partial charge in [-0.3, -0.25) is 0 Å². The second-order valence-electron chi connectivity index (χ2n) is 5.11. The summed E-state index contributed by atoms with van der Waals surface area (Å²) in [5.41, 5.74) is 0. The first kappa shape index (κ1) is 10.1. The van der Waals surface area contributed by atoms with Crippen LogP contribution >= 0.6 is 0 Å². The largest absolute Gasteiger partial charge is 0.0628 e. The van der Waals surface area contributed by atoms with Gasteiger partial charge in [0.2, 0.25) is 0 Å². The van der Waals surface area contributed by atoms with Crippen LogP contribution in [0.1, 0.15) is 59.3 Å². The van der Waals surface area contributed by atoms with Gasteiger partial charge in [-0.15, -0.1) is 0 Å². The minimum Gasteiger partial charge on any atom is -0.0628 e. The molecule has 1 rings (SSSR count). The molecule has 0 saturated heterocycles. The second-order valence-corrected chi connectivity index (χ2v) is 5.11. The zero-order valence-corrected chi connectivity index (χ0v) is 8.97. The molecule has 0 bridgehead atoms. The molecule has 0 radical (unpaired) electrons. The maximum absolute atomic E-state index is 2.41. The average Bonchev–Trinajstić information content (AvgIpc) is 2.69. The Labute approximate surface area is 77.7 Å². The van der Waals surface area contributed by atoms with Crippen molar-refractivity contribution in [3.8, 4) is 0 Å². The van der Waals surface area contributed by atoms with Gasteiger partial charge in [0.25, 0.3) is 0 Å². The van der Waals surface area contributed by atoms with Crippen LogP contribution in [-0.2, 0) is 0 Å². The molecular formula is C12H24. The van der Waals surface area contributed by atoms with Crippen molar-refractivity contribution >= 4 is 0 Å². The van der Waals surface area contributed by atoms with Gasteiger partial charge < -0.3 is 0 Å². The molecule has 0 heterocycles. The molecule has 0 spiro atoms. The van der Waals surface area contributed by atoms with E-state index >= 15 is 0 Å². The summed E-state index contributed by atoms with van der Waals surface area (Å²) >= 11 is 0. The number of hydrogen-bond donors (Lipinski definition) is 0. The smallest absolute Gasteiger partial charge is 0.0414 e. The van der Waals surface area contributed by atoms with E-state index in [-0.39, 0.29) is 0 Å². The standard InChI is InChI=1S/C12H24/c1-10(2)9-11(3)5-4-6-12-7-8-12/h10-12H,4-9H2,1-3H3. The highest BCUT2D eigenvalue weighted by molar-refractivity contribution is 4.73. The fourth-order valence-corrected chi connectivity index (χ4v) is 2.08. The van der Waals surface area contributed by atoms with Crippen LogP contribution in [0.4, 0.5) is 0 Å². The third kappa shape index (κ3) is 4.79. The SMILES string of the molecule is CC(C)CC(C)CCCC1CC1. The molecule has 0 aromatic rings. The Balaban J connectivity index is 1.89. The topological polar surface area (TPSA) is 0 Å². The van der Waals surface area contributed by atoms with E-state index in [9.17, 15) is 0 Å². The molecule has 0 aromatic heterocycles. The van der Waals surface area contributed by atoms with Crippen LogP contribution in [-0.4, -0.2) is 0 Å². The predicted octanol–water partition coefficient (Wildman–Crippen LogP) is 4.25. The predicted molar refractivity (Wildman–Crippen MR) is 55.2 cm³/mol. The minimum atomic E-state index is 0.890. The van der Waals surface area contributed by atoms with Crippen molar-refractivity contribution in [1.82, 2.24) is 0 Å². The summed E-state index contributed by atoms with van der Waals surface area (Å²) in [5, 5.41) is 0. The van der Waals surface area contributed by atoms with Crippen LogP contribution in [0.3, 0.4) is 0 Å². The molecular weight excluding hydrogens is 144 g/mol. The summed E-state index contributed by atoms with van der Waals surface area (Å²) in [6.07, 6.45) is 8.94. The van der Waals surface area contributed by atoms with Crippen LogP contribution in [0, 0.1) is 17.8 Å². The lowest BCUT2D eigenvalue weighted by molar-refractivity contribution is 0.397. The molecule has 0 heteroatoms. The van der Waals surface area contributed by atoms with Crippen LogP contribution < -0.4 is 0 Å². The zero-order chi connectivity index (χ0) is 8.97. The van der Waals surface area contributed by atoms with E-state index in [4.69, 9.17) is 0 Å². The molecule has 1 atom stereocenters. The van der Waals surface area contributed by atoms with E-state index in [0.717, 1.165) is 17.8 Å². The van der Waals surface area contributed by atoms with Gasteiger partial charge in [0.15, 0.2) is 0 Å². The maximum atomic E-state index is 2.41. The third-order valence-electron chi connectivity index (χ3n) is 2.88. The summed E-state index contributed by atoms with van der Waals surface area (Å²) in [4.78, 5) is 0. The summed E-state index contributed by atoms with van der Waals surface area (Å²) in [6.45, 7) is 7.07. The molecule has 1 fully saturated rings. The normalized spacial score (nSPS) is 20.0. The van der Waals surface area contributed by atoms with E-state index in [1.165, 1.54) is 38.5 Å². The van der Waals surface area contributed by atoms with Crippen molar-refractivity contribution in [2.24, 2.45) is 17.8 Å². The van der Waals surface area contributed by atoms with Gasteiger partial charge in [-0.1, -0.05) is 52.9 Å². The Bertz CT molecular complexity index is 111. The highest BCUT2D eigenvalue weighted by Crippen LogP contribution is 2.34. The van der Waals surface area contributed by atoms with Crippen LogP contribution in [0.2, 0.25) is 0 Å². The van der Waals surface area contributed by atoms with Crippen LogP contribution in [0.25, 0.3) is 0 Å². The summed E-state index contributed by atoms with van der Waals surface area (Å²) in [5.74, 6) is 2.99. The quantitative estimate of drug-likeness (QED) is 0.556. The van der Waals surface area contributed by atoms with Gasteiger partial charge in [0.05, 0.1) is 0 Å². The molecule has 0 aliphatic heterocycles. The summed E-state index contributed by atoms with van der Waals surface area (Å²) < 4.78 is 0. The molecule has 0 N–H and O–H groups in total. The fourth-order valence-electron chi connectivity index (χ4n) is 2.08. The highest BCUT2D eigenvalue weighted by Gasteiger charge is 2.20. The Kier molecular flexibility index (Phi) is 4.11. The summed E-state index contributed by atoms with van der Waals surface area (Å²) in [6, 6.07) is 0. The maximum Gasteiger partial charge on any atom is -0.0414 e. The number of hydrogen-bond acceptors (Lipinski definition) is 0. The molecule has 1 saturated carbocycles. The van der Waals surface area contributed by atoms with Gasteiger partial charge in [0, 0.05) is 0 Å². The van der Waals surface area contributed by atoms with Crippen LogP contribution in [0.5, 0.6) is 0 Å². The van der Waals surface area contributed by atoms with Gasteiger partial charge in [-0.2, -0.15) is 0 Å². The lowest BCUT2D eigenvalue weighted by atomic mass is 9.94. The highest BCUT2D eigenvalue weighted by atomic mass is 14.3.